The van der Waals surface area contributed by atoms with Gasteiger partial charge in [0.05, 0.1) is 22.0 Å². The first-order valence-corrected chi connectivity index (χ1v) is 6.12. The van der Waals surface area contributed by atoms with E-state index in [1.165, 1.54) is 6.07 Å². The summed E-state index contributed by atoms with van der Waals surface area (Å²) in [5, 5.41) is 28.3. The SMILES string of the molecule is N#CCOc1cc(O)c2c(C(=O)O)c3ccccn3c2c1. The fourth-order valence-corrected chi connectivity index (χ4v) is 2.43. The molecule has 3 rings (SSSR count). The molecule has 0 bridgehead atoms. The Balaban J connectivity index is 2.40. The number of carboxylic acid groups (broad SMARTS) is 1. The Kier molecular flexibility index (Phi) is 2.88. The van der Waals surface area contributed by atoms with Gasteiger partial charge in [-0.2, -0.15) is 5.26 Å². The Bertz CT molecular complexity index is 905. The minimum absolute atomic E-state index is 0.0370. The second-order valence-electron chi connectivity index (χ2n) is 4.42. The molecule has 6 heteroatoms. The Labute approximate surface area is 119 Å². The molecule has 3 aromatic rings. The van der Waals surface area contributed by atoms with Crippen molar-refractivity contribution in [1.82, 2.24) is 4.40 Å². The molecule has 0 atom stereocenters. The van der Waals surface area contributed by atoms with Crippen LogP contribution >= 0.6 is 0 Å². The molecular weight excluding hydrogens is 272 g/mol. The molecule has 1 aromatic carbocycles. The molecule has 0 amide bonds. The van der Waals surface area contributed by atoms with Crippen LogP contribution in [0.1, 0.15) is 10.4 Å². The summed E-state index contributed by atoms with van der Waals surface area (Å²) in [6, 6.07) is 9.91. The van der Waals surface area contributed by atoms with Crippen LogP contribution in [-0.2, 0) is 0 Å². The van der Waals surface area contributed by atoms with Gasteiger partial charge in [-0.05, 0) is 12.1 Å². The van der Waals surface area contributed by atoms with Crippen LogP contribution in [-0.4, -0.2) is 27.2 Å². The quantitative estimate of drug-likeness (QED) is 0.769. The standard InChI is InChI=1S/C15H10N2O4/c16-4-6-21-9-7-11-13(12(18)8-9)14(15(19)20)10-3-1-2-5-17(10)11/h1-3,5,7-8,18H,6H2,(H,19,20). The van der Waals surface area contributed by atoms with Gasteiger partial charge < -0.3 is 19.4 Å². The lowest BCUT2D eigenvalue weighted by molar-refractivity contribution is 0.0701. The number of fused-ring (bicyclic) bond motifs is 3. The number of ether oxygens (including phenoxy) is 1. The number of pyridine rings is 1. The number of hydrogen-bond donors (Lipinski definition) is 2. The Morgan fingerprint density at radius 1 is 1.33 bits per heavy atom. The Morgan fingerprint density at radius 3 is 2.86 bits per heavy atom. The summed E-state index contributed by atoms with van der Waals surface area (Å²) in [6.45, 7) is -0.153. The van der Waals surface area contributed by atoms with Crippen molar-refractivity contribution in [3.63, 3.8) is 0 Å². The lowest BCUT2D eigenvalue weighted by Crippen LogP contribution is -1.96. The van der Waals surface area contributed by atoms with Crippen molar-refractivity contribution in [2.75, 3.05) is 6.61 Å². The highest BCUT2D eigenvalue weighted by Gasteiger charge is 2.21. The largest absolute Gasteiger partial charge is 0.507 e. The molecule has 0 radical (unpaired) electrons. The van der Waals surface area contributed by atoms with Crippen LogP contribution in [0.3, 0.4) is 0 Å². The molecule has 0 spiro atoms. The van der Waals surface area contributed by atoms with Crippen LogP contribution in [0.25, 0.3) is 16.4 Å². The summed E-state index contributed by atoms with van der Waals surface area (Å²) in [5.74, 6) is -1.00. The van der Waals surface area contributed by atoms with E-state index in [0.717, 1.165) is 0 Å². The minimum atomic E-state index is -1.12. The van der Waals surface area contributed by atoms with Crippen molar-refractivity contribution in [1.29, 1.82) is 5.26 Å². The van der Waals surface area contributed by atoms with Crippen molar-refractivity contribution < 1.29 is 19.7 Å². The van der Waals surface area contributed by atoms with Crippen LogP contribution in [0, 0.1) is 11.3 Å². The molecule has 2 heterocycles. The van der Waals surface area contributed by atoms with Crippen molar-refractivity contribution in [3.05, 3.63) is 42.1 Å². The van der Waals surface area contributed by atoms with Crippen LogP contribution in [0.5, 0.6) is 11.5 Å². The molecule has 0 saturated carbocycles. The lowest BCUT2D eigenvalue weighted by Gasteiger charge is -2.04. The third-order valence-electron chi connectivity index (χ3n) is 3.21. The van der Waals surface area contributed by atoms with Crippen molar-refractivity contribution in [3.8, 4) is 17.6 Å². The van der Waals surface area contributed by atoms with E-state index < -0.39 is 5.97 Å². The first-order valence-electron chi connectivity index (χ1n) is 6.12. The number of nitriles is 1. The summed E-state index contributed by atoms with van der Waals surface area (Å²) < 4.78 is 6.85. The number of aromatic hydroxyl groups is 1. The fraction of sp³-hybridized carbons (Fsp3) is 0.0667. The Morgan fingerprint density at radius 2 is 2.14 bits per heavy atom. The van der Waals surface area contributed by atoms with Crippen molar-refractivity contribution >= 4 is 22.4 Å². The number of benzene rings is 1. The van der Waals surface area contributed by atoms with E-state index in [1.807, 2.05) is 6.07 Å². The molecular formula is C15H10N2O4. The van der Waals surface area contributed by atoms with E-state index in [4.69, 9.17) is 10.00 Å². The number of carboxylic acids is 1. The summed E-state index contributed by atoms with van der Waals surface area (Å²) >= 11 is 0. The predicted octanol–water partition coefficient (Wildman–Crippen LogP) is 2.40. The van der Waals surface area contributed by atoms with Gasteiger partial charge >= 0.3 is 5.97 Å². The van der Waals surface area contributed by atoms with Crippen LogP contribution in [0.4, 0.5) is 0 Å². The first-order chi connectivity index (χ1) is 10.1. The van der Waals surface area contributed by atoms with Gasteiger partial charge in [-0.25, -0.2) is 4.79 Å². The minimum Gasteiger partial charge on any atom is -0.507 e. The fourth-order valence-electron chi connectivity index (χ4n) is 2.43. The van der Waals surface area contributed by atoms with Gasteiger partial charge in [0.25, 0.3) is 0 Å². The first kappa shape index (κ1) is 12.8. The normalized spacial score (nSPS) is 10.6. The molecule has 0 aliphatic carbocycles. The average molecular weight is 282 g/mol. The predicted molar refractivity (Wildman–Crippen MR) is 74.6 cm³/mol. The number of carbonyl (C=O) groups is 1. The van der Waals surface area contributed by atoms with Gasteiger partial charge in [-0.1, -0.05) is 6.07 Å². The molecule has 0 unspecified atom stereocenters. The summed E-state index contributed by atoms with van der Waals surface area (Å²) in [6.07, 6.45) is 1.71. The lowest BCUT2D eigenvalue weighted by atomic mass is 10.1. The molecule has 2 N–H and O–H groups in total. The number of aromatic carboxylic acids is 1. The maximum Gasteiger partial charge on any atom is 0.338 e. The van der Waals surface area contributed by atoms with E-state index in [1.54, 1.807) is 34.9 Å². The highest BCUT2D eigenvalue weighted by Crippen LogP contribution is 2.36. The molecule has 0 saturated heterocycles. The van der Waals surface area contributed by atoms with Crippen LogP contribution < -0.4 is 4.74 Å². The van der Waals surface area contributed by atoms with E-state index in [2.05, 4.69) is 0 Å². The van der Waals surface area contributed by atoms with Gasteiger partial charge in [0.15, 0.2) is 6.61 Å². The maximum absolute atomic E-state index is 11.5. The number of hydrogen-bond acceptors (Lipinski definition) is 4. The van der Waals surface area contributed by atoms with Crippen LogP contribution in [0.2, 0.25) is 0 Å². The van der Waals surface area contributed by atoms with Gasteiger partial charge in [-0.3, -0.25) is 0 Å². The second kappa shape index (κ2) is 4.72. The smallest absolute Gasteiger partial charge is 0.338 e. The zero-order chi connectivity index (χ0) is 15.0. The third kappa shape index (κ3) is 1.92. The number of aromatic nitrogens is 1. The van der Waals surface area contributed by atoms with Crippen molar-refractivity contribution in [2.24, 2.45) is 0 Å². The summed E-state index contributed by atoms with van der Waals surface area (Å²) in [4.78, 5) is 11.5. The average Bonchev–Trinajstić information content (AvgIpc) is 2.80. The molecule has 0 aliphatic rings. The Hall–Kier alpha value is -3.20. The third-order valence-corrected chi connectivity index (χ3v) is 3.21. The highest BCUT2D eigenvalue weighted by molar-refractivity contribution is 6.13. The zero-order valence-electron chi connectivity index (χ0n) is 10.8. The zero-order valence-corrected chi connectivity index (χ0v) is 10.8. The van der Waals surface area contributed by atoms with Gasteiger partial charge in [0.2, 0.25) is 0 Å². The van der Waals surface area contributed by atoms with E-state index in [-0.39, 0.29) is 23.3 Å². The highest BCUT2D eigenvalue weighted by atomic mass is 16.5. The molecule has 21 heavy (non-hydrogen) atoms. The number of phenols is 1. The molecule has 2 aromatic heterocycles. The molecule has 104 valence electrons. The molecule has 0 fully saturated rings. The topological polar surface area (TPSA) is 95.0 Å². The van der Waals surface area contributed by atoms with E-state index in [0.29, 0.717) is 16.8 Å². The summed E-state index contributed by atoms with van der Waals surface area (Å²) in [5.41, 5.74) is 1.03. The number of phenolic OH excluding ortho intramolecular Hbond substituents is 1. The van der Waals surface area contributed by atoms with Crippen LogP contribution in [0.15, 0.2) is 36.5 Å². The monoisotopic (exact) mass is 282 g/mol. The number of rotatable bonds is 3. The van der Waals surface area contributed by atoms with E-state index >= 15 is 0 Å². The van der Waals surface area contributed by atoms with Gasteiger partial charge in [-0.15, -0.1) is 0 Å². The van der Waals surface area contributed by atoms with Gasteiger partial charge in [0, 0.05) is 18.3 Å². The van der Waals surface area contributed by atoms with Gasteiger partial charge in [0.1, 0.15) is 17.6 Å². The summed E-state index contributed by atoms with van der Waals surface area (Å²) in [7, 11) is 0. The number of nitrogens with zero attached hydrogens (tertiary/aromatic N) is 2. The maximum atomic E-state index is 11.5. The van der Waals surface area contributed by atoms with E-state index in [9.17, 15) is 15.0 Å². The molecule has 0 aliphatic heterocycles. The van der Waals surface area contributed by atoms with Crippen molar-refractivity contribution in [2.45, 2.75) is 0 Å². The molecule has 6 nitrogen and oxygen atoms in total. The second-order valence-corrected chi connectivity index (χ2v) is 4.42.